The van der Waals surface area contributed by atoms with Gasteiger partial charge in [0.25, 0.3) is 0 Å². The highest BCUT2D eigenvalue weighted by molar-refractivity contribution is 7.80. The first-order valence-electron chi connectivity index (χ1n) is 11.1. The van der Waals surface area contributed by atoms with Crippen LogP contribution in [0, 0.1) is 5.82 Å². The summed E-state index contributed by atoms with van der Waals surface area (Å²) < 4.78 is 18.3. The molecule has 7 heteroatoms. The number of hydrogen-bond donors (Lipinski definition) is 2. The van der Waals surface area contributed by atoms with Crippen molar-refractivity contribution in [2.45, 2.75) is 50.0 Å². The first-order chi connectivity index (χ1) is 15.4. The number of carbonyl (C=O) groups is 1. The molecule has 2 aliphatic heterocycles. The van der Waals surface area contributed by atoms with Crippen LogP contribution in [0.4, 0.5) is 4.39 Å². The lowest BCUT2D eigenvalue weighted by molar-refractivity contribution is -0.115. The molecule has 0 aromatic heterocycles. The van der Waals surface area contributed by atoms with Crippen LogP contribution < -0.4 is 5.73 Å². The molecule has 4 nitrogen and oxygen atoms in total. The summed E-state index contributed by atoms with van der Waals surface area (Å²) in [5.41, 5.74) is 9.97. The number of halogens is 1. The van der Waals surface area contributed by atoms with E-state index in [4.69, 9.17) is 10.5 Å². The van der Waals surface area contributed by atoms with E-state index in [0.717, 1.165) is 55.6 Å². The van der Waals surface area contributed by atoms with E-state index in [9.17, 15) is 9.18 Å². The SMILES string of the molecule is CCS.CN1CC(P)C(N)C1Cc1cccc(-c2cccc(F)c2)c1.O=CC1CCCO1. The molecule has 0 bridgehead atoms. The van der Waals surface area contributed by atoms with Crippen molar-refractivity contribution < 1.29 is 13.9 Å². The first kappa shape index (κ1) is 26.9. The van der Waals surface area contributed by atoms with Crippen LogP contribution in [0.3, 0.4) is 0 Å². The Morgan fingerprint density at radius 2 is 1.91 bits per heavy atom. The van der Waals surface area contributed by atoms with Crippen molar-refractivity contribution in [3.63, 3.8) is 0 Å². The molecule has 2 saturated heterocycles. The van der Waals surface area contributed by atoms with Gasteiger partial charge >= 0.3 is 0 Å². The minimum absolute atomic E-state index is 0.0833. The number of carbonyl (C=O) groups excluding carboxylic acids is 1. The van der Waals surface area contributed by atoms with Crippen molar-refractivity contribution in [3.05, 3.63) is 59.9 Å². The zero-order valence-corrected chi connectivity index (χ0v) is 21.0. The molecule has 5 atom stereocenters. The van der Waals surface area contributed by atoms with E-state index in [2.05, 4.69) is 45.9 Å². The number of nitrogens with two attached hydrogens (primary N) is 1. The Hall–Kier alpha value is -1.30. The fraction of sp³-hybridized carbons (Fsp3) is 0.480. The molecule has 2 N–H and O–H groups in total. The number of aldehydes is 1. The zero-order valence-electron chi connectivity index (χ0n) is 19.0. The minimum Gasteiger partial charge on any atom is -0.371 e. The van der Waals surface area contributed by atoms with Crippen LogP contribution >= 0.6 is 21.9 Å². The predicted molar refractivity (Wildman–Crippen MR) is 138 cm³/mol. The third-order valence-electron chi connectivity index (χ3n) is 5.65. The fourth-order valence-electron chi connectivity index (χ4n) is 3.96. The van der Waals surface area contributed by atoms with E-state index >= 15 is 0 Å². The van der Waals surface area contributed by atoms with Gasteiger partial charge in [-0.3, -0.25) is 0 Å². The van der Waals surface area contributed by atoms with Gasteiger partial charge in [0.05, 0.1) is 0 Å². The summed E-state index contributed by atoms with van der Waals surface area (Å²) in [6.07, 6.45) is 3.67. The van der Waals surface area contributed by atoms with Crippen molar-refractivity contribution in [2.75, 3.05) is 26.0 Å². The maximum atomic E-state index is 13.4. The van der Waals surface area contributed by atoms with Gasteiger partial charge in [0.2, 0.25) is 0 Å². The zero-order chi connectivity index (χ0) is 23.5. The van der Waals surface area contributed by atoms with E-state index in [-0.39, 0.29) is 18.0 Å². The molecule has 0 aliphatic carbocycles. The van der Waals surface area contributed by atoms with E-state index in [1.54, 1.807) is 12.1 Å². The summed E-state index contributed by atoms with van der Waals surface area (Å²) in [4.78, 5) is 12.2. The van der Waals surface area contributed by atoms with Crippen molar-refractivity contribution in [1.82, 2.24) is 4.90 Å². The lowest BCUT2D eigenvalue weighted by Crippen LogP contribution is -2.41. The molecule has 2 aromatic rings. The van der Waals surface area contributed by atoms with Crippen molar-refractivity contribution >= 4 is 28.2 Å². The third-order valence-corrected chi connectivity index (χ3v) is 6.31. The Kier molecular flexibility index (Phi) is 11.8. The molecule has 0 amide bonds. The minimum atomic E-state index is -0.202. The standard InChI is InChI=1S/C18H22FN2P.C5H8O2.C2H6S/c1-21-11-17(22)18(20)16(21)9-12-4-2-5-13(8-12)14-6-3-7-15(19)10-14;6-4-5-2-1-3-7-5;1-2-3/h2-8,10,16-18H,9,11,20,22H2,1H3;4-5H,1-3H2;3H,2H2,1H3. The number of ether oxygens (including phenoxy) is 1. The van der Waals surface area contributed by atoms with Crippen LogP contribution in [0.5, 0.6) is 0 Å². The Morgan fingerprint density at radius 3 is 2.41 bits per heavy atom. The molecule has 32 heavy (non-hydrogen) atoms. The molecule has 0 radical (unpaired) electrons. The van der Waals surface area contributed by atoms with Gasteiger partial charge in [0.15, 0.2) is 0 Å². The molecular weight excluding hydrogens is 442 g/mol. The molecule has 176 valence electrons. The number of likely N-dealkylation sites (tertiary alicyclic amines) is 1. The summed E-state index contributed by atoms with van der Waals surface area (Å²) in [6, 6.07) is 15.6. The van der Waals surface area contributed by atoms with Crippen LogP contribution in [-0.2, 0) is 16.0 Å². The van der Waals surface area contributed by atoms with E-state index < -0.39 is 0 Å². The van der Waals surface area contributed by atoms with Crippen LogP contribution in [0.1, 0.15) is 25.3 Å². The molecule has 4 rings (SSSR count). The molecule has 5 unspecified atom stereocenters. The average molecular weight is 479 g/mol. The molecule has 0 saturated carbocycles. The summed E-state index contributed by atoms with van der Waals surface area (Å²) in [5, 5.41) is 0. The molecular formula is C25H36FN2O2PS. The van der Waals surface area contributed by atoms with Crippen molar-refractivity contribution in [3.8, 4) is 11.1 Å². The van der Waals surface area contributed by atoms with Gasteiger partial charge in [-0.05, 0) is 60.9 Å². The van der Waals surface area contributed by atoms with Gasteiger partial charge in [0.1, 0.15) is 18.2 Å². The molecule has 2 aromatic carbocycles. The average Bonchev–Trinajstić information content (AvgIpc) is 3.39. The second kappa shape index (κ2) is 14.1. The number of likely N-dealkylation sites (N-methyl/N-ethyl adjacent to an activating group) is 1. The van der Waals surface area contributed by atoms with E-state index in [1.165, 1.54) is 11.6 Å². The Morgan fingerprint density at radius 1 is 1.25 bits per heavy atom. The van der Waals surface area contributed by atoms with Gasteiger partial charge in [0, 0.05) is 30.9 Å². The van der Waals surface area contributed by atoms with Crippen LogP contribution in [0.2, 0.25) is 0 Å². The second-order valence-electron chi connectivity index (χ2n) is 8.17. The topological polar surface area (TPSA) is 55.6 Å². The highest BCUT2D eigenvalue weighted by atomic mass is 32.1. The maximum absolute atomic E-state index is 13.4. The number of nitrogens with zero attached hydrogens (tertiary/aromatic N) is 1. The second-order valence-corrected chi connectivity index (χ2v) is 9.66. The van der Waals surface area contributed by atoms with Gasteiger partial charge < -0.3 is 20.2 Å². The fourth-order valence-corrected chi connectivity index (χ4v) is 4.55. The van der Waals surface area contributed by atoms with Crippen LogP contribution in [-0.4, -0.2) is 61.0 Å². The van der Waals surface area contributed by atoms with Gasteiger partial charge in [-0.1, -0.05) is 43.3 Å². The highest BCUT2D eigenvalue weighted by Crippen LogP contribution is 2.26. The van der Waals surface area contributed by atoms with E-state index in [1.807, 2.05) is 25.1 Å². The van der Waals surface area contributed by atoms with Gasteiger partial charge in [-0.2, -0.15) is 12.6 Å². The van der Waals surface area contributed by atoms with Gasteiger partial charge in [-0.25, -0.2) is 4.39 Å². The lowest BCUT2D eigenvalue weighted by atomic mass is 9.97. The molecule has 2 fully saturated rings. The van der Waals surface area contributed by atoms with Gasteiger partial charge in [-0.15, -0.1) is 9.24 Å². The van der Waals surface area contributed by atoms with Crippen molar-refractivity contribution in [2.24, 2.45) is 5.73 Å². The maximum Gasteiger partial charge on any atom is 0.148 e. The Bertz CT molecular complexity index is 835. The highest BCUT2D eigenvalue weighted by Gasteiger charge is 2.34. The Labute approximate surface area is 199 Å². The first-order valence-corrected chi connectivity index (χ1v) is 12.4. The summed E-state index contributed by atoms with van der Waals surface area (Å²) in [7, 11) is 4.98. The van der Waals surface area contributed by atoms with Crippen LogP contribution in [0.15, 0.2) is 48.5 Å². The molecule has 2 aliphatic rings. The number of thiol groups is 1. The monoisotopic (exact) mass is 478 g/mol. The Balaban J connectivity index is 0.000000302. The lowest BCUT2D eigenvalue weighted by Gasteiger charge is -2.23. The normalized spacial score (nSPS) is 24.8. The molecule has 2 heterocycles. The van der Waals surface area contributed by atoms with E-state index in [0.29, 0.717) is 11.7 Å². The number of benzene rings is 2. The largest absolute Gasteiger partial charge is 0.371 e. The number of rotatable bonds is 4. The van der Waals surface area contributed by atoms with Crippen molar-refractivity contribution in [1.29, 1.82) is 0 Å². The third kappa shape index (κ3) is 8.24. The predicted octanol–water partition coefficient (Wildman–Crippen LogP) is 4.22. The summed E-state index contributed by atoms with van der Waals surface area (Å²) in [6.45, 7) is 3.77. The summed E-state index contributed by atoms with van der Waals surface area (Å²) in [5.74, 6) is 0.742. The smallest absolute Gasteiger partial charge is 0.148 e. The quantitative estimate of drug-likeness (QED) is 0.393. The van der Waals surface area contributed by atoms with Crippen LogP contribution in [0.25, 0.3) is 11.1 Å². The molecule has 0 spiro atoms. The number of hydrogen-bond acceptors (Lipinski definition) is 5. The summed E-state index contributed by atoms with van der Waals surface area (Å²) >= 11 is 3.79.